The van der Waals surface area contributed by atoms with Gasteiger partial charge in [0, 0.05) is 0 Å². The predicted molar refractivity (Wildman–Crippen MR) is 56.5 cm³/mol. The van der Waals surface area contributed by atoms with Crippen molar-refractivity contribution in [2.75, 3.05) is 0 Å². The van der Waals surface area contributed by atoms with Gasteiger partial charge < -0.3 is 5.11 Å². The summed E-state index contributed by atoms with van der Waals surface area (Å²) in [6.45, 7) is 2.90. The van der Waals surface area contributed by atoms with Crippen LogP contribution in [-0.4, -0.2) is 25.6 Å². The molecule has 0 fully saturated rings. The number of hydrogen-bond donors (Lipinski definition) is 1. The molecular weight excluding hydrogens is 232 g/mol. The van der Waals surface area contributed by atoms with Crippen molar-refractivity contribution in [3.05, 3.63) is 29.8 Å². The molecule has 0 saturated carbocycles. The summed E-state index contributed by atoms with van der Waals surface area (Å²) in [5.41, 5.74) is 0.757. The number of carboxylic acid groups (broad SMARTS) is 1. The zero-order chi connectivity index (χ0) is 12.3. The van der Waals surface area contributed by atoms with Gasteiger partial charge >= 0.3 is 5.97 Å². The second-order valence-electron chi connectivity index (χ2n) is 3.35. The van der Waals surface area contributed by atoms with Crippen molar-refractivity contribution in [1.82, 2.24) is 0 Å². The molecule has 0 aliphatic heterocycles. The van der Waals surface area contributed by atoms with Crippen LogP contribution in [0.2, 0.25) is 0 Å². The van der Waals surface area contributed by atoms with Crippen molar-refractivity contribution in [3.8, 4) is 0 Å². The number of rotatable bonds is 4. The maximum Gasteiger partial charge on any atom is 0.334 e. The molecule has 16 heavy (non-hydrogen) atoms. The number of carboxylic acids is 1. The molecule has 0 bridgehead atoms. The lowest BCUT2D eigenvalue weighted by molar-refractivity contribution is -0.144. The molecule has 1 atom stereocenters. The van der Waals surface area contributed by atoms with Gasteiger partial charge in [0.05, 0.1) is 4.90 Å². The van der Waals surface area contributed by atoms with Crippen LogP contribution in [0.25, 0.3) is 0 Å². The molecule has 0 aliphatic carbocycles. The van der Waals surface area contributed by atoms with E-state index in [4.69, 9.17) is 5.11 Å². The average Bonchev–Trinajstić information content (AvgIpc) is 2.17. The Morgan fingerprint density at radius 2 is 2.06 bits per heavy atom. The highest BCUT2D eigenvalue weighted by Gasteiger charge is 2.23. The first-order chi connectivity index (χ1) is 7.33. The lowest BCUT2D eigenvalue weighted by atomic mass is 10.2. The molecule has 1 aromatic carbocycles. The first kappa shape index (κ1) is 12.7. The van der Waals surface area contributed by atoms with Crippen LogP contribution in [0.3, 0.4) is 0 Å². The van der Waals surface area contributed by atoms with Crippen LogP contribution in [0, 0.1) is 6.92 Å². The minimum Gasteiger partial charge on any atom is -0.479 e. The lowest BCUT2D eigenvalue weighted by Crippen LogP contribution is -2.23. The zero-order valence-corrected chi connectivity index (χ0v) is 9.69. The molecule has 0 heterocycles. The van der Waals surface area contributed by atoms with E-state index >= 15 is 0 Å². The molecule has 0 amide bonds. The second-order valence-corrected chi connectivity index (χ2v) is 4.92. The van der Waals surface area contributed by atoms with Gasteiger partial charge in [0.1, 0.15) is 0 Å². The molecule has 1 N–H and O–H groups in total. The van der Waals surface area contributed by atoms with Crippen molar-refractivity contribution in [1.29, 1.82) is 0 Å². The van der Waals surface area contributed by atoms with Gasteiger partial charge in [-0.25, -0.2) is 4.79 Å². The largest absolute Gasteiger partial charge is 0.479 e. The second kappa shape index (κ2) is 4.63. The molecule has 1 rings (SSSR count). The fraction of sp³-hybridized carbons (Fsp3) is 0.300. The van der Waals surface area contributed by atoms with Crippen LogP contribution in [0.5, 0.6) is 0 Å². The van der Waals surface area contributed by atoms with E-state index in [-0.39, 0.29) is 4.90 Å². The molecule has 0 saturated heterocycles. The summed E-state index contributed by atoms with van der Waals surface area (Å²) < 4.78 is 27.7. The Morgan fingerprint density at radius 1 is 1.44 bits per heavy atom. The number of carbonyl (C=O) groups is 1. The summed E-state index contributed by atoms with van der Waals surface area (Å²) in [7, 11) is -4.01. The van der Waals surface area contributed by atoms with Crippen molar-refractivity contribution in [2.24, 2.45) is 0 Å². The first-order valence-corrected chi connectivity index (χ1v) is 5.96. The molecule has 88 valence electrons. The quantitative estimate of drug-likeness (QED) is 0.804. The van der Waals surface area contributed by atoms with Gasteiger partial charge in [-0.15, -0.1) is 0 Å². The van der Waals surface area contributed by atoms with Gasteiger partial charge in [-0.2, -0.15) is 8.42 Å². The monoisotopic (exact) mass is 244 g/mol. The Labute approximate surface area is 93.8 Å². The van der Waals surface area contributed by atoms with Gasteiger partial charge in [0.25, 0.3) is 10.1 Å². The highest BCUT2D eigenvalue weighted by Crippen LogP contribution is 2.15. The topological polar surface area (TPSA) is 80.7 Å². The fourth-order valence-corrected chi connectivity index (χ4v) is 2.21. The Hall–Kier alpha value is -1.40. The van der Waals surface area contributed by atoms with Crippen molar-refractivity contribution in [3.63, 3.8) is 0 Å². The Bertz CT molecular complexity index is 492. The Kier molecular flexibility index (Phi) is 3.66. The maximum absolute atomic E-state index is 11.6. The Morgan fingerprint density at radius 3 is 2.56 bits per heavy atom. The van der Waals surface area contributed by atoms with Crippen LogP contribution >= 0.6 is 0 Å². The number of aliphatic carboxylic acids is 1. The van der Waals surface area contributed by atoms with E-state index < -0.39 is 22.2 Å². The Balaban J connectivity index is 2.99. The van der Waals surface area contributed by atoms with E-state index in [0.29, 0.717) is 0 Å². The lowest BCUT2D eigenvalue weighted by Gasteiger charge is -2.09. The SMILES string of the molecule is Cc1cccc(S(=O)(=O)OC(C)C(=O)O)c1. The standard InChI is InChI=1S/C10H12O5S/c1-7-4-3-5-9(6-7)16(13,14)15-8(2)10(11)12/h3-6,8H,1-2H3,(H,11,12). The van der Waals surface area contributed by atoms with E-state index in [1.54, 1.807) is 19.1 Å². The van der Waals surface area contributed by atoms with Gasteiger partial charge in [-0.3, -0.25) is 4.18 Å². The van der Waals surface area contributed by atoms with Crippen LogP contribution in [0.1, 0.15) is 12.5 Å². The molecule has 1 aromatic rings. The minimum absolute atomic E-state index is 0.0411. The normalized spacial score (nSPS) is 13.4. The van der Waals surface area contributed by atoms with Crippen LogP contribution < -0.4 is 0 Å². The molecular formula is C10H12O5S. The first-order valence-electron chi connectivity index (χ1n) is 4.55. The molecule has 5 nitrogen and oxygen atoms in total. The van der Waals surface area contributed by atoms with Gasteiger partial charge in [0.2, 0.25) is 0 Å². The third-order valence-electron chi connectivity index (χ3n) is 1.90. The third kappa shape index (κ3) is 3.04. The van der Waals surface area contributed by atoms with Gasteiger partial charge in [-0.05, 0) is 31.5 Å². The van der Waals surface area contributed by atoms with E-state index in [1.807, 2.05) is 0 Å². The fourth-order valence-electron chi connectivity index (χ4n) is 1.06. The van der Waals surface area contributed by atoms with Crippen molar-refractivity contribution < 1.29 is 22.5 Å². The molecule has 1 unspecified atom stereocenters. The van der Waals surface area contributed by atoms with Crippen LogP contribution in [0.15, 0.2) is 29.2 Å². The summed E-state index contributed by atoms with van der Waals surface area (Å²) in [5, 5.41) is 8.56. The molecule has 6 heteroatoms. The summed E-state index contributed by atoms with van der Waals surface area (Å²) in [4.78, 5) is 10.4. The summed E-state index contributed by atoms with van der Waals surface area (Å²) in [6.07, 6.45) is -1.40. The van der Waals surface area contributed by atoms with E-state index in [9.17, 15) is 13.2 Å². The van der Waals surface area contributed by atoms with Crippen LogP contribution in [0.4, 0.5) is 0 Å². The third-order valence-corrected chi connectivity index (χ3v) is 3.27. The number of aryl methyl sites for hydroxylation is 1. The zero-order valence-electron chi connectivity index (χ0n) is 8.88. The predicted octanol–water partition coefficient (Wildman–Crippen LogP) is 1.17. The van der Waals surface area contributed by atoms with Crippen molar-refractivity contribution in [2.45, 2.75) is 24.8 Å². The van der Waals surface area contributed by atoms with E-state index in [1.165, 1.54) is 12.1 Å². The van der Waals surface area contributed by atoms with Gasteiger partial charge in [0.15, 0.2) is 6.10 Å². The highest BCUT2D eigenvalue weighted by atomic mass is 32.2. The maximum atomic E-state index is 11.6. The summed E-state index contributed by atoms with van der Waals surface area (Å²) in [5.74, 6) is -1.32. The van der Waals surface area contributed by atoms with Crippen LogP contribution in [-0.2, 0) is 19.1 Å². The smallest absolute Gasteiger partial charge is 0.334 e. The average molecular weight is 244 g/mol. The number of hydrogen-bond acceptors (Lipinski definition) is 4. The minimum atomic E-state index is -4.01. The van der Waals surface area contributed by atoms with Gasteiger partial charge in [-0.1, -0.05) is 12.1 Å². The summed E-state index contributed by atoms with van der Waals surface area (Å²) in [6, 6.07) is 6.08. The van der Waals surface area contributed by atoms with E-state index in [2.05, 4.69) is 4.18 Å². The molecule has 0 spiro atoms. The highest BCUT2D eigenvalue weighted by molar-refractivity contribution is 7.86. The molecule has 0 radical (unpaired) electrons. The molecule has 0 aliphatic rings. The van der Waals surface area contributed by atoms with Crippen molar-refractivity contribution >= 4 is 16.1 Å². The number of benzene rings is 1. The summed E-state index contributed by atoms with van der Waals surface area (Å²) >= 11 is 0. The molecule has 0 aromatic heterocycles. The van der Waals surface area contributed by atoms with E-state index in [0.717, 1.165) is 12.5 Å².